The van der Waals surface area contributed by atoms with Crippen molar-refractivity contribution in [2.45, 2.75) is 6.54 Å². The molecule has 0 atom stereocenters. The van der Waals surface area contributed by atoms with Gasteiger partial charge < -0.3 is 14.7 Å². The minimum atomic E-state index is -0.175. The van der Waals surface area contributed by atoms with Gasteiger partial charge in [0, 0.05) is 23.1 Å². The van der Waals surface area contributed by atoms with Gasteiger partial charge in [-0.05, 0) is 24.3 Å². The number of carbonyl (C=O) groups is 1. The van der Waals surface area contributed by atoms with E-state index in [9.17, 15) is 4.79 Å². The second-order valence-corrected chi connectivity index (χ2v) is 6.03. The molecular weight excluding hydrogens is 358 g/mol. The highest BCUT2D eigenvalue weighted by Gasteiger charge is 2.13. The predicted octanol–water partition coefficient (Wildman–Crippen LogP) is 2.90. The van der Waals surface area contributed by atoms with Crippen LogP contribution in [0.2, 0.25) is 0 Å². The molecule has 7 heteroatoms. The standard InChI is InChI=1S/C16H12BrN5O/c17-10-3-5-22-9-21-13(14(22)6-10)8-20-16(23)11-7-19-12-2-1-4-18-15(11)12/h1-7,9,19H,8H2,(H,20,23). The van der Waals surface area contributed by atoms with E-state index in [4.69, 9.17) is 0 Å². The first-order valence-electron chi connectivity index (χ1n) is 7.04. The van der Waals surface area contributed by atoms with Gasteiger partial charge in [-0.15, -0.1) is 0 Å². The van der Waals surface area contributed by atoms with Crippen molar-refractivity contribution < 1.29 is 4.79 Å². The number of nitrogens with zero attached hydrogens (tertiary/aromatic N) is 3. The van der Waals surface area contributed by atoms with Gasteiger partial charge in [0.25, 0.3) is 5.91 Å². The molecule has 4 rings (SSSR count). The minimum absolute atomic E-state index is 0.175. The second-order valence-electron chi connectivity index (χ2n) is 5.11. The summed E-state index contributed by atoms with van der Waals surface area (Å²) in [5.41, 5.74) is 3.81. The van der Waals surface area contributed by atoms with E-state index >= 15 is 0 Å². The zero-order valence-electron chi connectivity index (χ0n) is 12.0. The molecule has 0 radical (unpaired) electrons. The first-order valence-corrected chi connectivity index (χ1v) is 7.83. The molecule has 0 fully saturated rings. The van der Waals surface area contributed by atoms with Gasteiger partial charge in [-0.1, -0.05) is 15.9 Å². The Morgan fingerprint density at radius 2 is 2.26 bits per heavy atom. The maximum absolute atomic E-state index is 12.4. The molecule has 0 unspecified atom stereocenters. The topological polar surface area (TPSA) is 75.1 Å². The van der Waals surface area contributed by atoms with E-state index in [1.807, 2.05) is 34.9 Å². The molecule has 4 heterocycles. The Hall–Kier alpha value is -2.67. The molecule has 0 bridgehead atoms. The molecule has 0 aliphatic rings. The monoisotopic (exact) mass is 369 g/mol. The minimum Gasteiger partial charge on any atom is -0.359 e. The lowest BCUT2D eigenvalue weighted by molar-refractivity contribution is 0.0952. The average molecular weight is 370 g/mol. The van der Waals surface area contributed by atoms with E-state index in [1.165, 1.54) is 0 Å². The van der Waals surface area contributed by atoms with Crippen LogP contribution in [-0.4, -0.2) is 25.3 Å². The summed E-state index contributed by atoms with van der Waals surface area (Å²) in [4.78, 5) is 24.1. The van der Waals surface area contributed by atoms with E-state index in [-0.39, 0.29) is 5.91 Å². The molecule has 4 aromatic rings. The SMILES string of the molecule is O=C(NCc1ncn2ccc(Br)cc12)c1c[nH]c2cccnc12. The summed E-state index contributed by atoms with van der Waals surface area (Å²) >= 11 is 3.45. The molecule has 0 saturated carbocycles. The van der Waals surface area contributed by atoms with Crippen LogP contribution in [-0.2, 0) is 6.54 Å². The Kier molecular flexibility index (Phi) is 3.34. The van der Waals surface area contributed by atoms with Crippen LogP contribution in [0.25, 0.3) is 16.6 Å². The number of pyridine rings is 2. The summed E-state index contributed by atoms with van der Waals surface area (Å²) < 4.78 is 2.89. The Morgan fingerprint density at radius 3 is 3.17 bits per heavy atom. The maximum atomic E-state index is 12.4. The van der Waals surface area contributed by atoms with Crippen LogP contribution in [0.15, 0.2) is 53.7 Å². The number of H-pyrrole nitrogens is 1. The number of imidazole rings is 1. The van der Waals surface area contributed by atoms with Gasteiger partial charge in [-0.3, -0.25) is 9.78 Å². The zero-order valence-corrected chi connectivity index (χ0v) is 13.5. The number of hydrogen-bond acceptors (Lipinski definition) is 3. The Balaban J connectivity index is 1.58. The third kappa shape index (κ3) is 2.49. The Bertz CT molecular complexity index is 1020. The fraction of sp³-hybridized carbons (Fsp3) is 0.0625. The van der Waals surface area contributed by atoms with E-state index < -0.39 is 0 Å². The van der Waals surface area contributed by atoms with Crippen LogP contribution in [0.5, 0.6) is 0 Å². The number of halogens is 1. The van der Waals surface area contributed by atoms with Crippen LogP contribution in [0, 0.1) is 0 Å². The quantitative estimate of drug-likeness (QED) is 0.582. The van der Waals surface area contributed by atoms with Crippen molar-refractivity contribution in [1.82, 2.24) is 24.7 Å². The van der Waals surface area contributed by atoms with E-state index in [1.54, 1.807) is 18.7 Å². The fourth-order valence-electron chi connectivity index (χ4n) is 2.54. The van der Waals surface area contributed by atoms with Gasteiger partial charge in [-0.25, -0.2) is 4.98 Å². The number of nitrogens with one attached hydrogen (secondary N) is 2. The first-order chi connectivity index (χ1) is 11.2. The molecule has 23 heavy (non-hydrogen) atoms. The summed E-state index contributed by atoms with van der Waals surface area (Å²) in [6.45, 7) is 0.352. The van der Waals surface area contributed by atoms with Crippen molar-refractivity contribution in [3.8, 4) is 0 Å². The summed E-state index contributed by atoms with van der Waals surface area (Å²) in [6, 6.07) is 7.63. The van der Waals surface area contributed by atoms with Crippen molar-refractivity contribution in [2.75, 3.05) is 0 Å². The van der Waals surface area contributed by atoms with Crippen molar-refractivity contribution >= 4 is 38.4 Å². The van der Waals surface area contributed by atoms with E-state index in [2.05, 4.69) is 36.2 Å². The smallest absolute Gasteiger partial charge is 0.255 e. The number of rotatable bonds is 3. The van der Waals surface area contributed by atoms with Gasteiger partial charge in [0.15, 0.2) is 0 Å². The number of carbonyl (C=O) groups excluding carboxylic acids is 1. The highest BCUT2D eigenvalue weighted by atomic mass is 79.9. The van der Waals surface area contributed by atoms with Gasteiger partial charge >= 0.3 is 0 Å². The van der Waals surface area contributed by atoms with E-state index in [0.29, 0.717) is 17.6 Å². The lowest BCUT2D eigenvalue weighted by Crippen LogP contribution is -2.23. The molecular formula is C16H12BrN5O. The highest BCUT2D eigenvalue weighted by Crippen LogP contribution is 2.17. The third-order valence-corrected chi connectivity index (χ3v) is 4.17. The molecule has 2 N–H and O–H groups in total. The molecule has 0 spiro atoms. The molecule has 0 aliphatic heterocycles. The third-order valence-electron chi connectivity index (χ3n) is 3.68. The zero-order chi connectivity index (χ0) is 15.8. The van der Waals surface area contributed by atoms with Gasteiger partial charge in [0.1, 0.15) is 5.52 Å². The lowest BCUT2D eigenvalue weighted by Gasteiger charge is -2.03. The second kappa shape index (κ2) is 5.51. The predicted molar refractivity (Wildman–Crippen MR) is 90.2 cm³/mol. The Labute approximate surface area is 139 Å². The molecule has 4 aromatic heterocycles. The van der Waals surface area contributed by atoms with Crippen molar-refractivity contribution in [3.05, 3.63) is 64.9 Å². The van der Waals surface area contributed by atoms with Crippen LogP contribution in [0.4, 0.5) is 0 Å². The largest absolute Gasteiger partial charge is 0.359 e. The Morgan fingerprint density at radius 1 is 1.35 bits per heavy atom. The fourth-order valence-corrected chi connectivity index (χ4v) is 2.87. The average Bonchev–Trinajstić information content (AvgIpc) is 3.16. The highest BCUT2D eigenvalue weighted by molar-refractivity contribution is 9.10. The molecule has 0 aromatic carbocycles. The van der Waals surface area contributed by atoms with Crippen LogP contribution >= 0.6 is 15.9 Å². The maximum Gasteiger partial charge on any atom is 0.255 e. The molecule has 1 amide bonds. The number of amides is 1. The van der Waals surface area contributed by atoms with Crippen molar-refractivity contribution in [2.24, 2.45) is 0 Å². The molecule has 0 saturated heterocycles. The number of aromatic amines is 1. The normalized spacial score (nSPS) is 11.2. The van der Waals surface area contributed by atoms with Crippen LogP contribution in [0.1, 0.15) is 16.1 Å². The van der Waals surface area contributed by atoms with E-state index in [0.717, 1.165) is 21.2 Å². The summed E-state index contributed by atoms with van der Waals surface area (Å²) in [7, 11) is 0. The van der Waals surface area contributed by atoms with Gasteiger partial charge in [0.2, 0.25) is 0 Å². The molecule has 0 aliphatic carbocycles. The van der Waals surface area contributed by atoms with Gasteiger partial charge in [0.05, 0.1) is 35.2 Å². The lowest BCUT2D eigenvalue weighted by atomic mass is 10.2. The molecule has 6 nitrogen and oxygen atoms in total. The summed E-state index contributed by atoms with van der Waals surface area (Å²) in [5.74, 6) is -0.175. The number of fused-ring (bicyclic) bond motifs is 2. The van der Waals surface area contributed by atoms with Crippen molar-refractivity contribution in [3.63, 3.8) is 0 Å². The number of hydrogen-bond donors (Lipinski definition) is 2. The number of aromatic nitrogens is 4. The van der Waals surface area contributed by atoms with Crippen molar-refractivity contribution in [1.29, 1.82) is 0 Å². The first kappa shape index (κ1) is 14.0. The van der Waals surface area contributed by atoms with Crippen LogP contribution in [0.3, 0.4) is 0 Å². The van der Waals surface area contributed by atoms with Crippen LogP contribution < -0.4 is 5.32 Å². The summed E-state index contributed by atoms with van der Waals surface area (Å²) in [5, 5.41) is 2.90. The van der Waals surface area contributed by atoms with Gasteiger partial charge in [-0.2, -0.15) is 0 Å². The summed E-state index contributed by atoms with van der Waals surface area (Å²) in [6.07, 6.45) is 7.00. The molecule has 114 valence electrons.